The Labute approximate surface area is 249 Å². The Kier molecular flexibility index (Phi) is 13.3. The molecule has 0 aliphatic heterocycles. The van der Waals surface area contributed by atoms with Crippen molar-refractivity contribution in [2.45, 2.75) is 119 Å². The largest absolute Gasteiger partial charge is 0.647 e. The first-order valence-electron chi connectivity index (χ1n) is 15.9. The van der Waals surface area contributed by atoms with E-state index in [1.807, 2.05) is 18.2 Å². The molecular weight excluding hydrogens is 527 g/mol. The minimum atomic E-state index is -4.13. The Bertz CT molecular complexity index is 1130. The van der Waals surface area contributed by atoms with E-state index < -0.39 is 7.82 Å². The summed E-state index contributed by atoms with van der Waals surface area (Å²) in [4.78, 5) is 0. The van der Waals surface area contributed by atoms with Crippen LogP contribution in [-0.4, -0.2) is 0 Å². The lowest BCUT2D eigenvalue weighted by molar-refractivity contribution is 0.295. The third kappa shape index (κ3) is 9.67. The molecule has 3 rings (SSSR count). The number of hydrogen-bond donors (Lipinski definition) is 0. The smallest absolute Gasteiger partial charge is 0.386 e. The van der Waals surface area contributed by atoms with E-state index in [4.69, 9.17) is 13.6 Å². The molecule has 0 heterocycles. The summed E-state index contributed by atoms with van der Waals surface area (Å²) in [5, 5.41) is 0. The van der Waals surface area contributed by atoms with E-state index >= 15 is 0 Å². The van der Waals surface area contributed by atoms with Gasteiger partial charge in [0, 0.05) is 0 Å². The summed E-state index contributed by atoms with van der Waals surface area (Å²) < 4.78 is 33.8. The predicted molar refractivity (Wildman–Crippen MR) is 173 cm³/mol. The fourth-order valence-corrected chi connectivity index (χ4v) is 6.68. The summed E-state index contributed by atoms with van der Waals surface area (Å²) in [6.45, 7) is 13.0. The molecule has 0 aliphatic carbocycles. The summed E-state index contributed by atoms with van der Waals surface area (Å²) in [6.07, 6.45) is 11.5. The van der Waals surface area contributed by atoms with Crippen LogP contribution in [0.15, 0.2) is 54.6 Å². The Hall–Kier alpha value is -2.71. The summed E-state index contributed by atoms with van der Waals surface area (Å²) >= 11 is 0. The van der Waals surface area contributed by atoms with Crippen molar-refractivity contribution in [1.82, 2.24) is 0 Å². The molecule has 3 aromatic carbocycles. The number of benzene rings is 3. The molecule has 0 atom stereocenters. The van der Waals surface area contributed by atoms with Crippen molar-refractivity contribution in [2.75, 3.05) is 0 Å². The van der Waals surface area contributed by atoms with Crippen LogP contribution in [0, 0.1) is 0 Å². The van der Waals surface area contributed by atoms with Gasteiger partial charge in [-0.3, -0.25) is 0 Å². The average Bonchev–Trinajstić information content (AvgIpc) is 2.94. The highest BCUT2D eigenvalue weighted by Crippen LogP contribution is 2.52. The maximum absolute atomic E-state index is 14.8. The quantitative estimate of drug-likeness (QED) is 0.141. The molecule has 0 amide bonds. The van der Waals surface area contributed by atoms with Crippen molar-refractivity contribution < 1.29 is 18.1 Å². The van der Waals surface area contributed by atoms with Crippen LogP contribution in [0.1, 0.15) is 113 Å². The van der Waals surface area contributed by atoms with E-state index in [0.29, 0.717) is 17.2 Å². The lowest BCUT2D eigenvalue weighted by Crippen LogP contribution is -2.11. The van der Waals surface area contributed by atoms with E-state index in [0.717, 1.165) is 93.7 Å². The second-order valence-corrected chi connectivity index (χ2v) is 12.5. The lowest BCUT2D eigenvalue weighted by Gasteiger charge is -2.24. The number of phosphoric ester groups is 1. The summed E-state index contributed by atoms with van der Waals surface area (Å²) in [5.41, 5.74) is 6.87. The molecule has 0 N–H and O–H groups in total. The molecule has 0 saturated carbocycles. The van der Waals surface area contributed by atoms with Gasteiger partial charge in [-0.25, -0.2) is 0 Å². The topological polar surface area (TPSA) is 44.8 Å². The van der Waals surface area contributed by atoms with Crippen molar-refractivity contribution in [3.8, 4) is 17.2 Å². The van der Waals surface area contributed by atoms with E-state index in [-0.39, 0.29) is 0 Å². The van der Waals surface area contributed by atoms with Gasteiger partial charge in [-0.1, -0.05) is 116 Å². The number of hydrogen-bond acceptors (Lipinski definition) is 4. The lowest BCUT2D eigenvalue weighted by atomic mass is 10.0. The summed E-state index contributed by atoms with van der Waals surface area (Å²) in [5.74, 6) is 1.69. The van der Waals surface area contributed by atoms with Gasteiger partial charge in [-0.05, 0) is 90.1 Å². The van der Waals surface area contributed by atoms with Crippen LogP contribution < -0.4 is 13.6 Å². The SMILES string of the molecule is CCCc1ccc(OP(=O)(Oc2ccc(CCC)cc2CCC)Oc2ccc(CCC)cc2CCC)c(CCC)c1. The Morgan fingerprint density at radius 2 is 0.707 bits per heavy atom. The normalized spacial score (nSPS) is 11.5. The van der Waals surface area contributed by atoms with Crippen LogP contribution in [-0.2, 0) is 43.1 Å². The zero-order chi connectivity index (χ0) is 29.7. The Morgan fingerprint density at radius 1 is 0.439 bits per heavy atom. The first kappa shape index (κ1) is 32.8. The fourth-order valence-electron chi connectivity index (χ4n) is 5.31. The number of rotatable bonds is 18. The van der Waals surface area contributed by atoms with Gasteiger partial charge in [0.1, 0.15) is 17.2 Å². The predicted octanol–water partition coefficient (Wildman–Crippen LogP) is 11.0. The molecule has 0 radical (unpaired) electrons. The van der Waals surface area contributed by atoms with Crippen LogP contribution in [0.4, 0.5) is 0 Å². The molecule has 41 heavy (non-hydrogen) atoms. The first-order chi connectivity index (χ1) is 19.9. The van der Waals surface area contributed by atoms with Gasteiger partial charge in [0.25, 0.3) is 0 Å². The highest BCUT2D eigenvalue weighted by Gasteiger charge is 2.35. The Morgan fingerprint density at radius 3 is 0.951 bits per heavy atom. The van der Waals surface area contributed by atoms with Crippen LogP contribution in [0.5, 0.6) is 17.2 Å². The van der Waals surface area contributed by atoms with Gasteiger partial charge in [0.15, 0.2) is 0 Å². The number of phosphoric acid groups is 1. The van der Waals surface area contributed by atoms with Crippen molar-refractivity contribution in [3.63, 3.8) is 0 Å². The maximum Gasteiger partial charge on any atom is 0.647 e. The summed E-state index contributed by atoms with van der Waals surface area (Å²) in [6, 6.07) is 18.5. The van der Waals surface area contributed by atoms with E-state index in [1.54, 1.807) is 0 Å². The monoisotopic (exact) mass is 578 g/mol. The van der Waals surface area contributed by atoms with Gasteiger partial charge in [-0.15, -0.1) is 0 Å². The minimum Gasteiger partial charge on any atom is -0.386 e. The van der Waals surface area contributed by atoms with Gasteiger partial charge in [0.2, 0.25) is 0 Å². The zero-order valence-electron chi connectivity index (χ0n) is 26.3. The second-order valence-electron chi connectivity index (χ2n) is 11.0. The van der Waals surface area contributed by atoms with E-state index in [9.17, 15) is 4.57 Å². The van der Waals surface area contributed by atoms with Crippen molar-refractivity contribution >= 4 is 7.82 Å². The fraction of sp³-hybridized carbons (Fsp3) is 0.500. The van der Waals surface area contributed by atoms with Crippen LogP contribution in [0.2, 0.25) is 0 Å². The van der Waals surface area contributed by atoms with Crippen molar-refractivity contribution in [3.05, 3.63) is 88.0 Å². The third-order valence-electron chi connectivity index (χ3n) is 7.18. The van der Waals surface area contributed by atoms with Gasteiger partial charge in [0.05, 0.1) is 0 Å². The van der Waals surface area contributed by atoms with Gasteiger partial charge in [-0.2, -0.15) is 4.57 Å². The maximum atomic E-state index is 14.8. The molecule has 4 nitrogen and oxygen atoms in total. The minimum absolute atomic E-state index is 0.564. The molecule has 0 aromatic heterocycles. The van der Waals surface area contributed by atoms with Crippen LogP contribution in [0.25, 0.3) is 0 Å². The second kappa shape index (κ2) is 16.7. The first-order valence-corrected chi connectivity index (χ1v) is 17.4. The zero-order valence-corrected chi connectivity index (χ0v) is 27.2. The van der Waals surface area contributed by atoms with Crippen LogP contribution >= 0.6 is 7.82 Å². The Balaban J connectivity index is 2.08. The van der Waals surface area contributed by atoms with E-state index in [2.05, 4.69) is 77.9 Å². The molecular formula is C36H51O4P. The third-order valence-corrected chi connectivity index (χ3v) is 8.44. The summed E-state index contributed by atoms with van der Waals surface area (Å²) in [7, 11) is -4.13. The molecule has 0 unspecified atom stereocenters. The molecule has 0 bridgehead atoms. The average molecular weight is 579 g/mol. The van der Waals surface area contributed by atoms with Crippen molar-refractivity contribution in [2.24, 2.45) is 0 Å². The molecule has 5 heteroatoms. The molecule has 224 valence electrons. The van der Waals surface area contributed by atoms with Crippen molar-refractivity contribution in [1.29, 1.82) is 0 Å². The van der Waals surface area contributed by atoms with Crippen LogP contribution in [0.3, 0.4) is 0 Å². The molecule has 3 aromatic rings. The highest BCUT2D eigenvalue weighted by molar-refractivity contribution is 7.49. The standard InChI is InChI=1S/C36H51O4P/c1-7-13-28-19-22-34(31(25-28)16-10-4)38-41(37,39-35-23-20-29(14-8-2)26-32(35)17-11-5)40-36-24-21-30(15-9-3)27-33(36)18-12-6/h19-27H,7-18H2,1-6H3. The molecule has 0 saturated heterocycles. The number of aryl methyl sites for hydroxylation is 6. The highest BCUT2D eigenvalue weighted by atomic mass is 31.2. The molecule has 0 fully saturated rings. The molecule has 0 spiro atoms. The van der Waals surface area contributed by atoms with Gasteiger partial charge >= 0.3 is 7.82 Å². The molecule has 0 aliphatic rings. The van der Waals surface area contributed by atoms with E-state index in [1.165, 1.54) is 16.7 Å². The van der Waals surface area contributed by atoms with Gasteiger partial charge < -0.3 is 13.6 Å².